The molecule has 0 aromatic heterocycles. The summed E-state index contributed by atoms with van der Waals surface area (Å²) in [7, 11) is -2.89. The van der Waals surface area contributed by atoms with Crippen LogP contribution in [0.2, 0.25) is 0 Å². The maximum Gasteiger partial charge on any atom is 0.159 e. The van der Waals surface area contributed by atoms with E-state index >= 15 is 0 Å². The molecule has 4 nitrogen and oxygen atoms in total. The third-order valence-corrected chi connectivity index (χ3v) is 1.80. The van der Waals surface area contributed by atoms with Gasteiger partial charge in [0, 0.05) is 5.56 Å². The third-order valence-electron chi connectivity index (χ3n) is 1.44. The quantitative estimate of drug-likeness (QED) is 0.514. The molecule has 0 saturated heterocycles. The second kappa shape index (κ2) is 4.33. The zero-order chi connectivity index (χ0) is 9.84. The van der Waals surface area contributed by atoms with E-state index in [2.05, 4.69) is 4.52 Å². The van der Waals surface area contributed by atoms with E-state index in [1.54, 1.807) is 0 Å². The first-order valence-corrected chi connectivity index (χ1v) is 4.62. The first kappa shape index (κ1) is 10.1. The van der Waals surface area contributed by atoms with E-state index in [4.69, 9.17) is 0 Å². The first-order valence-electron chi connectivity index (χ1n) is 3.53. The number of carbonyl (C=O) groups excluding carboxylic acids is 1. The minimum Gasteiger partial charge on any atom is -0.810 e. The van der Waals surface area contributed by atoms with Gasteiger partial charge >= 0.3 is 0 Å². The summed E-state index contributed by atoms with van der Waals surface area (Å²) in [5.74, 6) is 0.138. The molecule has 0 N–H and O–H groups in total. The van der Waals surface area contributed by atoms with Crippen molar-refractivity contribution in [1.29, 1.82) is 0 Å². The van der Waals surface area contributed by atoms with Gasteiger partial charge in [-0.15, -0.1) is 0 Å². The highest BCUT2D eigenvalue weighted by Crippen LogP contribution is 2.22. The second-order valence-electron chi connectivity index (χ2n) is 2.40. The molecule has 1 rings (SSSR count). The van der Waals surface area contributed by atoms with Gasteiger partial charge in [0.2, 0.25) is 0 Å². The fourth-order valence-corrected chi connectivity index (χ4v) is 1.13. The van der Waals surface area contributed by atoms with Crippen LogP contribution < -0.4 is 14.3 Å². The van der Waals surface area contributed by atoms with Crippen molar-refractivity contribution in [2.75, 3.05) is 0 Å². The van der Waals surface area contributed by atoms with Crippen LogP contribution in [0.15, 0.2) is 24.3 Å². The molecule has 0 aliphatic carbocycles. The highest BCUT2D eigenvalue weighted by Gasteiger charge is 1.97. The number of benzene rings is 1. The molecule has 5 heteroatoms. The summed E-state index contributed by atoms with van der Waals surface area (Å²) < 4.78 is 4.39. The van der Waals surface area contributed by atoms with Crippen molar-refractivity contribution in [3.63, 3.8) is 0 Å². The summed E-state index contributed by atoms with van der Waals surface area (Å²) in [6.45, 7) is 1.43. The van der Waals surface area contributed by atoms with Gasteiger partial charge in [-0.3, -0.25) is 4.79 Å². The van der Waals surface area contributed by atoms with E-state index in [1.165, 1.54) is 31.2 Å². The van der Waals surface area contributed by atoms with Crippen molar-refractivity contribution in [2.24, 2.45) is 0 Å². The van der Waals surface area contributed by atoms with Crippen molar-refractivity contribution in [3.8, 4) is 5.75 Å². The Morgan fingerprint density at radius 3 is 2.23 bits per heavy atom. The minimum atomic E-state index is -2.89. The lowest BCUT2D eigenvalue weighted by molar-refractivity contribution is -0.310. The molecule has 1 aromatic carbocycles. The normalized spacial score (nSPS) is 10.2. The highest BCUT2D eigenvalue weighted by atomic mass is 31.2. The van der Waals surface area contributed by atoms with Crippen LogP contribution in [0.4, 0.5) is 0 Å². The topological polar surface area (TPSA) is 72.4 Å². The Morgan fingerprint density at radius 1 is 1.31 bits per heavy atom. The molecule has 0 heterocycles. The Kier molecular flexibility index (Phi) is 3.37. The summed E-state index contributed by atoms with van der Waals surface area (Å²) in [5.41, 5.74) is 0.522. The predicted octanol–water partition coefficient (Wildman–Crippen LogP) is 0.216. The summed E-state index contributed by atoms with van der Waals surface area (Å²) in [4.78, 5) is 31.1. The molecule has 0 saturated carbocycles. The Bertz CT molecular complexity index is 294. The van der Waals surface area contributed by atoms with Crippen LogP contribution in [-0.4, -0.2) is 5.78 Å². The van der Waals surface area contributed by atoms with Crippen molar-refractivity contribution in [2.45, 2.75) is 6.92 Å². The molecule has 70 valence electrons. The number of hydrogen-bond donors (Lipinski definition) is 0. The zero-order valence-electron chi connectivity index (χ0n) is 6.89. The molecular weight excluding hydrogens is 191 g/mol. The fraction of sp³-hybridized carbons (Fsp3) is 0.125. The van der Waals surface area contributed by atoms with E-state index in [9.17, 15) is 14.6 Å². The van der Waals surface area contributed by atoms with Crippen molar-refractivity contribution >= 4 is 14.4 Å². The smallest absolute Gasteiger partial charge is 0.159 e. The molecule has 0 aliphatic rings. The van der Waals surface area contributed by atoms with E-state index < -0.39 is 8.60 Å². The van der Waals surface area contributed by atoms with Gasteiger partial charge in [-0.05, 0) is 31.2 Å². The van der Waals surface area contributed by atoms with Crippen molar-refractivity contribution in [1.82, 2.24) is 0 Å². The number of rotatable bonds is 3. The van der Waals surface area contributed by atoms with Crippen LogP contribution >= 0.6 is 8.60 Å². The summed E-state index contributed by atoms with van der Waals surface area (Å²) in [6, 6.07) is 5.89. The van der Waals surface area contributed by atoms with E-state index in [0.29, 0.717) is 5.56 Å². The van der Waals surface area contributed by atoms with Crippen LogP contribution in [0.1, 0.15) is 17.3 Å². The lowest BCUT2D eigenvalue weighted by Gasteiger charge is -2.29. The van der Waals surface area contributed by atoms with Gasteiger partial charge in [0.15, 0.2) is 5.78 Å². The van der Waals surface area contributed by atoms with Crippen LogP contribution in [0.3, 0.4) is 0 Å². The van der Waals surface area contributed by atoms with Crippen LogP contribution in [0.25, 0.3) is 0 Å². The van der Waals surface area contributed by atoms with Gasteiger partial charge in [0.1, 0.15) is 5.75 Å². The largest absolute Gasteiger partial charge is 0.810 e. The van der Waals surface area contributed by atoms with Crippen LogP contribution in [0, 0.1) is 0 Å². The Morgan fingerprint density at radius 2 is 1.85 bits per heavy atom. The second-order valence-corrected chi connectivity index (χ2v) is 3.03. The number of carbonyl (C=O) groups is 1. The van der Waals surface area contributed by atoms with Crippen molar-refractivity contribution in [3.05, 3.63) is 29.8 Å². The Balaban J connectivity index is 2.75. The summed E-state index contributed by atoms with van der Waals surface area (Å²) >= 11 is 0. The van der Waals surface area contributed by atoms with E-state index in [0.717, 1.165) is 0 Å². The van der Waals surface area contributed by atoms with Gasteiger partial charge in [0.05, 0.1) is 0 Å². The highest BCUT2D eigenvalue weighted by molar-refractivity contribution is 7.36. The summed E-state index contributed by atoms with van der Waals surface area (Å²) in [6.07, 6.45) is 0. The van der Waals surface area contributed by atoms with E-state index in [1.807, 2.05) is 0 Å². The summed E-state index contributed by atoms with van der Waals surface area (Å²) in [5, 5.41) is 0. The van der Waals surface area contributed by atoms with Crippen molar-refractivity contribution < 1.29 is 19.1 Å². The molecule has 0 amide bonds. The number of hydrogen-bond acceptors (Lipinski definition) is 4. The average Bonchev–Trinajstić information content (AvgIpc) is 2.04. The standard InChI is InChI=1S/C8H7O4P/c1-6(9)7-2-4-8(5-3-7)12-13(10)11/h2-5H,1H3/q-2. The average molecular weight is 198 g/mol. The predicted molar refractivity (Wildman–Crippen MR) is 44.0 cm³/mol. The monoisotopic (exact) mass is 198 g/mol. The molecule has 0 atom stereocenters. The van der Waals surface area contributed by atoms with Gasteiger partial charge in [-0.2, -0.15) is 0 Å². The molecule has 0 aliphatic heterocycles. The molecule has 13 heavy (non-hydrogen) atoms. The lowest BCUT2D eigenvalue weighted by atomic mass is 10.1. The fourth-order valence-electron chi connectivity index (χ4n) is 0.837. The first-order chi connectivity index (χ1) is 6.09. The Hall–Kier alpha value is -0.960. The molecule has 1 aromatic rings. The maximum atomic E-state index is 10.8. The minimum absolute atomic E-state index is 0.0712. The van der Waals surface area contributed by atoms with Gasteiger partial charge in [0.25, 0.3) is 0 Å². The van der Waals surface area contributed by atoms with Gasteiger partial charge < -0.3 is 14.3 Å². The molecular formula is C8H7O4P-2. The van der Waals surface area contributed by atoms with E-state index in [-0.39, 0.29) is 11.5 Å². The zero-order valence-corrected chi connectivity index (χ0v) is 7.78. The lowest BCUT2D eigenvalue weighted by Crippen LogP contribution is -2.12. The van der Waals surface area contributed by atoms with Gasteiger partial charge in [-0.1, -0.05) is 8.60 Å². The molecule has 0 radical (unpaired) electrons. The van der Waals surface area contributed by atoms with Gasteiger partial charge in [-0.25, -0.2) is 0 Å². The SMILES string of the molecule is CC(=O)c1ccc(OP([O-])[O-])cc1. The third kappa shape index (κ3) is 3.11. The Labute approximate surface area is 76.8 Å². The number of ketones is 1. The van der Waals surface area contributed by atoms with Crippen LogP contribution in [-0.2, 0) is 0 Å². The molecule has 0 spiro atoms. The number of Topliss-reactive ketones (excluding diaryl/α,β-unsaturated/α-hetero) is 1. The molecule has 0 fully saturated rings. The molecule has 0 bridgehead atoms. The maximum absolute atomic E-state index is 10.8. The van der Waals surface area contributed by atoms with Crippen LogP contribution in [0.5, 0.6) is 5.75 Å². The molecule has 0 unspecified atom stereocenters.